The fraction of sp³-hybridized carbons (Fsp3) is 0.192. The first-order valence-corrected chi connectivity index (χ1v) is 11.4. The summed E-state index contributed by atoms with van der Waals surface area (Å²) in [6.07, 6.45) is 1.59. The standard InChI is InChI=1S/C26H25ClN4O5/c1-15-11-17(16(2)31(15)21-13-18(27)9-10-23(21)36-4)12-20-25(33)30(26(34)29-20)14-24(32)28-19-7-5-6-8-22(19)35-3/h5-13H,14H2,1-4H3,(H,28,32)(H,29,34)/b20-12+. The number of rotatable bonds is 7. The summed E-state index contributed by atoms with van der Waals surface area (Å²) < 4.78 is 12.7. The monoisotopic (exact) mass is 508 g/mol. The van der Waals surface area contributed by atoms with E-state index in [0.29, 0.717) is 22.2 Å². The molecule has 10 heteroatoms. The Balaban J connectivity index is 1.57. The van der Waals surface area contributed by atoms with Crippen LogP contribution in [0.4, 0.5) is 10.5 Å². The number of methoxy groups -OCH3 is 2. The molecule has 1 saturated heterocycles. The SMILES string of the molecule is COc1ccccc1NC(=O)CN1C(=O)N/C(=C/c2cc(C)n(-c3cc(Cl)ccc3OC)c2C)C1=O. The van der Waals surface area contributed by atoms with Gasteiger partial charge in [0, 0.05) is 16.4 Å². The Morgan fingerprint density at radius 2 is 1.78 bits per heavy atom. The molecule has 9 nitrogen and oxygen atoms in total. The summed E-state index contributed by atoms with van der Waals surface area (Å²) in [5, 5.41) is 5.78. The van der Waals surface area contributed by atoms with E-state index in [1.807, 2.05) is 24.5 Å². The highest BCUT2D eigenvalue weighted by molar-refractivity contribution is 6.30. The lowest BCUT2D eigenvalue weighted by atomic mass is 10.2. The molecule has 1 fully saturated rings. The zero-order chi connectivity index (χ0) is 26.0. The lowest BCUT2D eigenvalue weighted by molar-refractivity contribution is -0.127. The summed E-state index contributed by atoms with van der Waals surface area (Å²) in [5.74, 6) is -0.0241. The number of urea groups is 1. The molecule has 4 amide bonds. The molecule has 186 valence electrons. The molecule has 1 aliphatic rings. The first-order valence-electron chi connectivity index (χ1n) is 11.0. The molecule has 2 aromatic carbocycles. The molecule has 0 aliphatic carbocycles. The highest BCUT2D eigenvalue weighted by Crippen LogP contribution is 2.31. The number of imide groups is 1. The van der Waals surface area contributed by atoms with E-state index in [1.54, 1.807) is 55.7 Å². The molecular formula is C26H25ClN4O5. The van der Waals surface area contributed by atoms with Crippen LogP contribution in [-0.2, 0) is 9.59 Å². The van der Waals surface area contributed by atoms with Crippen LogP contribution in [0, 0.1) is 13.8 Å². The molecule has 0 saturated carbocycles. The quantitative estimate of drug-likeness (QED) is 0.366. The first kappa shape index (κ1) is 24.9. The Bertz CT molecular complexity index is 1390. The number of halogens is 1. The number of benzene rings is 2. The number of carbonyl (C=O) groups is 3. The maximum Gasteiger partial charge on any atom is 0.329 e. The van der Waals surface area contributed by atoms with Crippen LogP contribution in [-0.4, -0.2) is 48.1 Å². The molecule has 3 aromatic rings. The predicted octanol–water partition coefficient (Wildman–Crippen LogP) is 4.30. The molecule has 0 atom stereocenters. The van der Waals surface area contributed by atoms with Crippen molar-refractivity contribution in [3.05, 3.63) is 76.2 Å². The van der Waals surface area contributed by atoms with Crippen LogP contribution in [0.15, 0.2) is 54.2 Å². The van der Waals surface area contributed by atoms with E-state index in [2.05, 4.69) is 10.6 Å². The number of para-hydroxylation sites is 2. The number of aryl methyl sites for hydroxylation is 1. The third-order valence-electron chi connectivity index (χ3n) is 5.80. The smallest absolute Gasteiger partial charge is 0.329 e. The zero-order valence-corrected chi connectivity index (χ0v) is 21.0. The summed E-state index contributed by atoms with van der Waals surface area (Å²) in [6.45, 7) is 3.36. The van der Waals surface area contributed by atoms with Gasteiger partial charge in [-0.1, -0.05) is 23.7 Å². The van der Waals surface area contributed by atoms with Gasteiger partial charge in [0.2, 0.25) is 5.91 Å². The second-order valence-corrected chi connectivity index (χ2v) is 8.54. The molecule has 1 aromatic heterocycles. The van der Waals surface area contributed by atoms with Crippen LogP contribution in [0.25, 0.3) is 11.8 Å². The minimum atomic E-state index is -0.674. The summed E-state index contributed by atoms with van der Waals surface area (Å²) in [4.78, 5) is 38.9. The first-order chi connectivity index (χ1) is 17.2. The van der Waals surface area contributed by atoms with Crippen molar-refractivity contribution in [2.75, 3.05) is 26.1 Å². The third kappa shape index (κ3) is 4.78. The minimum Gasteiger partial charge on any atom is -0.495 e. The number of hydrogen-bond donors (Lipinski definition) is 2. The van der Waals surface area contributed by atoms with E-state index in [0.717, 1.165) is 27.5 Å². The lowest BCUT2D eigenvalue weighted by Crippen LogP contribution is -2.38. The van der Waals surface area contributed by atoms with E-state index < -0.39 is 24.4 Å². The number of nitrogens with one attached hydrogen (secondary N) is 2. The van der Waals surface area contributed by atoms with Gasteiger partial charge in [0.05, 0.1) is 25.6 Å². The number of nitrogens with zero attached hydrogens (tertiary/aromatic N) is 2. The zero-order valence-electron chi connectivity index (χ0n) is 20.2. The molecule has 0 bridgehead atoms. The van der Waals surface area contributed by atoms with Crippen molar-refractivity contribution in [2.24, 2.45) is 0 Å². The Kier molecular flexibility index (Phi) is 7.03. The third-order valence-corrected chi connectivity index (χ3v) is 6.03. The largest absolute Gasteiger partial charge is 0.495 e. The molecule has 0 radical (unpaired) electrons. The number of carbonyl (C=O) groups excluding carboxylic acids is 3. The average molecular weight is 509 g/mol. The molecule has 36 heavy (non-hydrogen) atoms. The maximum absolute atomic E-state index is 13.0. The van der Waals surface area contributed by atoms with Crippen LogP contribution in [0.3, 0.4) is 0 Å². The maximum atomic E-state index is 13.0. The van der Waals surface area contributed by atoms with Crippen molar-refractivity contribution in [1.29, 1.82) is 0 Å². The van der Waals surface area contributed by atoms with Gasteiger partial charge >= 0.3 is 6.03 Å². The van der Waals surface area contributed by atoms with E-state index in [4.69, 9.17) is 21.1 Å². The van der Waals surface area contributed by atoms with Gasteiger partial charge in [-0.15, -0.1) is 0 Å². The van der Waals surface area contributed by atoms with Gasteiger partial charge in [0.25, 0.3) is 5.91 Å². The number of aromatic nitrogens is 1. The Morgan fingerprint density at radius 1 is 1.06 bits per heavy atom. The second-order valence-electron chi connectivity index (χ2n) is 8.11. The summed E-state index contributed by atoms with van der Waals surface area (Å²) in [7, 11) is 3.06. The highest BCUT2D eigenvalue weighted by atomic mass is 35.5. The van der Waals surface area contributed by atoms with Crippen molar-refractivity contribution in [3.8, 4) is 17.2 Å². The predicted molar refractivity (Wildman–Crippen MR) is 137 cm³/mol. The number of hydrogen-bond acceptors (Lipinski definition) is 5. The molecule has 2 N–H and O–H groups in total. The van der Waals surface area contributed by atoms with Crippen LogP contribution in [0.5, 0.6) is 11.5 Å². The summed E-state index contributed by atoms with van der Waals surface area (Å²) in [5.41, 5.74) is 3.68. The minimum absolute atomic E-state index is 0.0726. The summed E-state index contributed by atoms with van der Waals surface area (Å²) >= 11 is 6.22. The van der Waals surface area contributed by atoms with Crippen LogP contribution >= 0.6 is 11.6 Å². The number of anilines is 1. The highest BCUT2D eigenvalue weighted by Gasteiger charge is 2.35. The second kappa shape index (κ2) is 10.2. The molecule has 0 unspecified atom stereocenters. The Morgan fingerprint density at radius 3 is 2.50 bits per heavy atom. The number of amides is 4. The lowest BCUT2D eigenvalue weighted by Gasteiger charge is -2.14. The van der Waals surface area contributed by atoms with Gasteiger partial charge in [-0.3, -0.25) is 9.59 Å². The van der Waals surface area contributed by atoms with E-state index in [-0.39, 0.29) is 5.70 Å². The average Bonchev–Trinajstić information content (AvgIpc) is 3.28. The van der Waals surface area contributed by atoms with Gasteiger partial charge in [0.1, 0.15) is 23.7 Å². The Hall–Kier alpha value is -4.24. The van der Waals surface area contributed by atoms with Gasteiger partial charge in [-0.05, 0) is 61.9 Å². The summed E-state index contributed by atoms with van der Waals surface area (Å²) in [6, 6.07) is 13.4. The van der Waals surface area contributed by atoms with Crippen molar-refractivity contribution < 1.29 is 23.9 Å². The van der Waals surface area contributed by atoms with Gasteiger partial charge in [0.15, 0.2) is 0 Å². The van der Waals surface area contributed by atoms with Crippen molar-refractivity contribution in [3.63, 3.8) is 0 Å². The van der Waals surface area contributed by atoms with Crippen molar-refractivity contribution in [1.82, 2.24) is 14.8 Å². The molecular weight excluding hydrogens is 484 g/mol. The number of ether oxygens (including phenoxy) is 2. The molecule has 0 spiro atoms. The van der Waals surface area contributed by atoms with Crippen LogP contribution in [0.1, 0.15) is 17.0 Å². The van der Waals surface area contributed by atoms with Gasteiger partial charge in [-0.25, -0.2) is 9.69 Å². The van der Waals surface area contributed by atoms with Gasteiger partial charge < -0.3 is 24.7 Å². The topological polar surface area (TPSA) is 102 Å². The fourth-order valence-corrected chi connectivity index (χ4v) is 4.26. The fourth-order valence-electron chi connectivity index (χ4n) is 4.09. The molecule has 2 heterocycles. The normalized spacial score (nSPS) is 14.2. The van der Waals surface area contributed by atoms with Crippen molar-refractivity contribution >= 4 is 41.2 Å². The molecule has 1 aliphatic heterocycles. The van der Waals surface area contributed by atoms with Crippen LogP contribution in [0.2, 0.25) is 5.02 Å². The van der Waals surface area contributed by atoms with E-state index in [9.17, 15) is 14.4 Å². The molecule has 4 rings (SSSR count). The van der Waals surface area contributed by atoms with Gasteiger partial charge in [-0.2, -0.15) is 0 Å². The van der Waals surface area contributed by atoms with E-state index >= 15 is 0 Å². The van der Waals surface area contributed by atoms with Crippen molar-refractivity contribution in [2.45, 2.75) is 13.8 Å². The Labute approximate surface area is 213 Å². The van der Waals surface area contributed by atoms with Crippen LogP contribution < -0.4 is 20.1 Å². The van der Waals surface area contributed by atoms with E-state index in [1.165, 1.54) is 7.11 Å².